The molecular weight excluding hydrogens is 266 g/mol. The van der Waals surface area contributed by atoms with Gasteiger partial charge >= 0.3 is 0 Å². The summed E-state index contributed by atoms with van der Waals surface area (Å²) in [4.78, 5) is 13.3. The molecule has 0 spiro atoms. The minimum atomic E-state index is 0.0995. The molecule has 0 aliphatic carbocycles. The third-order valence-corrected chi connectivity index (χ3v) is 4.18. The maximum atomic E-state index is 11.9. The first kappa shape index (κ1) is 14.8. The normalized spacial score (nSPS) is 10.8. The summed E-state index contributed by atoms with van der Waals surface area (Å²) in [5.41, 5.74) is 2.15. The van der Waals surface area contributed by atoms with Gasteiger partial charge in [0.05, 0.1) is 0 Å². The topological polar surface area (TPSA) is 29.1 Å². The number of amides is 1. The van der Waals surface area contributed by atoms with Crippen molar-refractivity contribution in [3.05, 3.63) is 52.2 Å². The molecule has 3 heteroatoms. The fraction of sp³-hybridized carbons (Fsp3) is 0.353. The van der Waals surface area contributed by atoms with E-state index in [1.165, 1.54) is 10.4 Å². The number of thiophene rings is 1. The Bertz CT molecular complexity index is 546. The van der Waals surface area contributed by atoms with Gasteiger partial charge in [-0.3, -0.25) is 4.79 Å². The van der Waals surface area contributed by atoms with E-state index in [1.807, 2.05) is 12.1 Å². The highest BCUT2D eigenvalue weighted by Crippen LogP contribution is 2.19. The molecule has 0 bridgehead atoms. The zero-order valence-electron chi connectivity index (χ0n) is 12.1. The summed E-state index contributed by atoms with van der Waals surface area (Å²) in [5.74, 6) is 0.577. The second-order valence-corrected chi connectivity index (χ2v) is 6.29. The lowest BCUT2D eigenvalue weighted by atomic mass is 10.0. The summed E-state index contributed by atoms with van der Waals surface area (Å²) in [6.45, 7) is 4.31. The summed E-state index contributed by atoms with van der Waals surface area (Å²) >= 11 is 1.75. The molecule has 0 atom stereocenters. The molecule has 1 aromatic carbocycles. The maximum Gasteiger partial charge on any atom is 0.224 e. The molecule has 20 heavy (non-hydrogen) atoms. The van der Waals surface area contributed by atoms with Crippen molar-refractivity contribution in [3.8, 4) is 0 Å². The Labute approximate surface area is 124 Å². The standard InChI is InChI=1S/C17H21NOS/c1-13(2)14-6-3-7-15(12-14)18-17(19)10-4-8-16-9-5-11-20-16/h3,5-7,9,11-13H,4,8,10H2,1-2H3,(H,18,19). The molecular formula is C17H21NOS. The second kappa shape index (κ2) is 7.25. The first-order valence-corrected chi connectivity index (χ1v) is 7.95. The van der Waals surface area contributed by atoms with E-state index in [2.05, 4.69) is 48.8 Å². The number of hydrogen-bond acceptors (Lipinski definition) is 2. The number of nitrogens with one attached hydrogen (secondary N) is 1. The summed E-state index contributed by atoms with van der Waals surface area (Å²) in [6, 6.07) is 12.3. The van der Waals surface area contributed by atoms with Crippen molar-refractivity contribution >= 4 is 22.9 Å². The maximum absolute atomic E-state index is 11.9. The summed E-state index contributed by atoms with van der Waals surface area (Å²) in [7, 11) is 0. The van der Waals surface area contributed by atoms with Gasteiger partial charge in [0.15, 0.2) is 0 Å². The zero-order valence-corrected chi connectivity index (χ0v) is 12.9. The van der Waals surface area contributed by atoms with Gasteiger partial charge < -0.3 is 5.32 Å². The Kier molecular flexibility index (Phi) is 5.36. The highest BCUT2D eigenvalue weighted by atomic mass is 32.1. The van der Waals surface area contributed by atoms with Crippen molar-refractivity contribution in [1.29, 1.82) is 0 Å². The Hall–Kier alpha value is -1.61. The lowest BCUT2D eigenvalue weighted by Crippen LogP contribution is -2.11. The fourth-order valence-corrected chi connectivity index (χ4v) is 2.83. The van der Waals surface area contributed by atoms with Crippen LogP contribution >= 0.6 is 11.3 Å². The van der Waals surface area contributed by atoms with Crippen LogP contribution < -0.4 is 5.32 Å². The SMILES string of the molecule is CC(C)c1cccc(NC(=O)CCCc2cccs2)c1. The average Bonchev–Trinajstić information content (AvgIpc) is 2.92. The minimum absolute atomic E-state index is 0.0995. The highest BCUT2D eigenvalue weighted by Gasteiger charge is 2.05. The van der Waals surface area contributed by atoms with Gasteiger partial charge in [0.1, 0.15) is 0 Å². The monoisotopic (exact) mass is 287 g/mol. The van der Waals surface area contributed by atoms with Gasteiger partial charge in [-0.25, -0.2) is 0 Å². The van der Waals surface area contributed by atoms with Crippen molar-refractivity contribution in [2.45, 2.75) is 39.0 Å². The highest BCUT2D eigenvalue weighted by molar-refractivity contribution is 7.09. The van der Waals surface area contributed by atoms with Crippen LogP contribution in [0.5, 0.6) is 0 Å². The molecule has 0 saturated heterocycles. The first-order valence-electron chi connectivity index (χ1n) is 7.07. The number of carbonyl (C=O) groups excluding carboxylic acids is 1. The predicted octanol–water partition coefficient (Wildman–Crippen LogP) is 4.83. The van der Waals surface area contributed by atoms with Crippen LogP contribution in [0.3, 0.4) is 0 Å². The van der Waals surface area contributed by atoms with Gasteiger partial charge in [0.2, 0.25) is 5.91 Å². The molecule has 0 fully saturated rings. The molecule has 2 aromatic rings. The van der Waals surface area contributed by atoms with E-state index in [9.17, 15) is 4.79 Å². The van der Waals surface area contributed by atoms with Crippen molar-refractivity contribution in [2.75, 3.05) is 5.32 Å². The van der Waals surface area contributed by atoms with Crippen LogP contribution in [0, 0.1) is 0 Å². The van der Waals surface area contributed by atoms with Crippen molar-refractivity contribution in [2.24, 2.45) is 0 Å². The van der Waals surface area contributed by atoms with Crippen molar-refractivity contribution in [1.82, 2.24) is 0 Å². The fourth-order valence-electron chi connectivity index (χ4n) is 2.08. The molecule has 1 heterocycles. The van der Waals surface area contributed by atoms with Crippen LogP contribution in [0.2, 0.25) is 0 Å². The molecule has 2 rings (SSSR count). The van der Waals surface area contributed by atoms with Crippen LogP contribution in [0.25, 0.3) is 0 Å². The van der Waals surface area contributed by atoms with Crippen molar-refractivity contribution < 1.29 is 4.79 Å². The Morgan fingerprint density at radius 2 is 2.10 bits per heavy atom. The molecule has 106 valence electrons. The lowest BCUT2D eigenvalue weighted by molar-refractivity contribution is -0.116. The third-order valence-electron chi connectivity index (χ3n) is 3.24. The smallest absolute Gasteiger partial charge is 0.224 e. The van der Waals surface area contributed by atoms with E-state index >= 15 is 0 Å². The number of carbonyl (C=O) groups is 1. The summed E-state index contributed by atoms with van der Waals surface area (Å²) in [6.07, 6.45) is 2.46. The number of rotatable bonds is 6. The Balaban J connectivity index is 1.80. The molecule has 1 N–H and O–H groups in total. The molecule has 1 aromatic heterocycles. The van der Waals surface area contributed by atoms with Gasteiger partial charge in [0.25, 0.3) is 0 Å². The third kappa shape index (κ3) is 4.49. The Morgan fingerprint density at radius 3 is 2.80 bits per heavy atom. The minimum Gasteiger partial charge on any atom is -0.326 e. The summed E-state index contributed by atoms with van der Waals surface area (Å²) in [5, 5.41) is 5.06. The van der Waals surface area contributed by atoms with Crippen LogP contribution in [0.15, 0.2) is 41.8 Å². The first-order chi connectivity index (χ1) is 9.65. The second-order valence-electron chi connectivity index (χ2n) is 5.26. The summed E-state index contributed by atoms with van der Waals surface area (Å²) < 4.78 is 0. The predicted molar refractivity (Wildman–Crippen MR) is 86.4 cm³/mol. The number of benzene rings is 1. The quantitative estimate of drug-likeness (QED) is 0.809. The van der Waals surface area contributed by atoms with E-state index in [4.69, 9.17) is 0 Å². The molecule has 2 nitrogen and oxygen atoms in total. The van der Waals surface area contributed by atoms with E-state index in [0.29, 0.717) is 12.3 Å². The average molecular weight is 287 g/mol. The molecule has 0 aliphatic rings. The van der Waals surface area contributed by atoms with Crippen LogP contribution in [-0.4, -0.2) is 5.91 Å². The van der Waals surface area contributed by atoms with Gasteiger partial charge in [0, 0.05) is 17.0 Å². The van der Waals surface area contributed by atoms with E-state index in [-0.39, 0.29) is 5.91 Å². The van der Waals surface area contributed by atoms with Gasteiger partial charge in [-0.15, -0.1) is 11.3 Å². The van der Waals surface area contributed by atoms with Crippen LogP contribution in [0.1, 0.15) is 43.0 Å². The van der Waals surface area contributed by atoms with Crippen LogP contribution in [-0.2, 0) is 11.2 Å². The molecule has 0 radical (unpaired) electrons. The van der Waals surface area contributed by atoms with Gasteiger partial charge in [-0.05, 0) is 47.9 Å². The van der Waals surface area contributed by atoms with Crippen LogP contribution in [0.4, 0.5) is 5.69 Å². The van der Waals surface area contributed by atoms with E-state index < -0.39 is 0 Å². The number of anilines is 1. The van der Waals surface area contributed by atoms with E-state index in [0.717, 1.165) is 18.5 Å². The number of hydrogen-bond donors (Lipinski definition) is 1. The molecule has 0 unspecified atom stereocenters. The van der Waals surface area contributed by atoms with Crippen molar-refractivity contribution in [3.63, 3.8) is 0 Å². The number of aryl methyl sites for hydroxylation is 1. The lowest BCUT2D eigenvalue weighted by Gasteiger charge is -2.09. The largest absolute Gasteiger partial charge is 0.326 e. The van der Waals surface area contributed by atoms with Gasteiger partial charge in [-0.1, -0.05) is 32.0 Å². The van der Waals surface area contributed by atoms with E-state index in [1.54, 1.807) is 11.3 Å². The van der Waals surface area contributed by atoms with Gasteiger partial charge in [-0.2, -0.15) is 0 Å². The zero-order chi connectivity index (χ0) is 14.4. The molecule has 0 aliphatic heterocycles. The molecule has 0 saturated carbocycles. The Morgan fingerprint density at radius 1 is 1.25 bits per heavy atom. The molecule has 1 amide bonds.